The number of pyridine rings is 1. The van der Waals surface area contributed by atoms with Gasteiger partial charge in [-0.05, 0) is 30.0 Å². The summed E-state index contributed by atoms with van der Waals surface area (Å²) >= 11 is 1.44. The molecule has 0 radical (unpaired) electrons. The van der Waals surface area contributed by atoms with E-state index in [9.17, 15) is 4.79 Å². The second-order valence-corrected chi connectivity index (χ2v) is 6.03. The first-order chi connectivity index (χ1) is 10.7. The van der Waals surface area contributed by atoms with Crippen molar-refractivity contribution in [3.05, 3.63) is 66.4 Å². The van der Waals surface area contributed by atoms with E-state index in [4.69, 9.17) is 0 Å². The number of benzene rings is 2. The third kappa shape index (κ3) is 3.46. The molecule has 0 bridgehead atoms. The summed E-state index contributed by atoms with van der Waals surface area (Å²) in [6, 6.07) is 17.9. The molecule has 0 atom stereocenters. The van der Waals surface area contributed by atoms with Crippen LogP contribution in [-0.4, -0.2) is 16.6 Å². The topological polar surface area (TPSA) is 42.0 Å². The summed E-state index contributed by atoms with van der Waals surface area (Å²) in [5.74, 6) is 0.322. The van der Waals surface area contributed by atoms with E-state index in [1.807, 2.05) is 67.7 Å². The molecular weight excluding hydrogens is 292 g/mol. The van der Waals surface area contributed by atoms with E-state index in [0.717, 1.165) is 27.0 Å². The van der Waals surface area contributed by atoms with Gasteiger partial charge < -0.3 is 5.32 Å². The van der Waals surface area contributed by atoms with E-state index in [1.165, 1.54) is 11.8 Å². The minimum atomic E-state index is -0.0243. The maximum atomic E-state index is 12.1. The van der Waals surface area contributed by atoms with Gasteiger partial charge in [-0.15, -0.1) is 0 Å². The van der Waals surface area contributed by atoms with E-state index >= 15 is 0 Å². The highest BCUT2D eigenvalue weighted by molar-refractivity contribution is 7.99. The molecule has 3 aromatic rings. The molecule has 0 aliphatic rings. The molecular formula is C18H16N2OS. The Morgan fingerprint density at radius 1 is 1.09 bits per heavy atom. The van der Waals surface area contributed by atoms with E-state index in [2.05, 4.69) is 10.3 Å². The number of aryl methyl sites for hydroxylation is 1. The minimum absolute atomic E-state index is 0.0243. The quantitative estimate of drug-likeness (QED) is 0.732. The molecule has 1 heterocycles. The molecule has 4 heteroatoms. The Balaban J connectivity index is 1.67. The second kappa shape index (κ2) is 6.62. The number of nitrogens with one attached hydrogen (secondary N) is 1. The predicted octanol–water partition coefficient (Wildman–Crippen LogP) is 4.27. The lowest BCUT2D eigenvalue weighted by atomic mass is 10.1. The number of fused-ring (bicyclic) bond motifs is 1. The lowest BCUT2D eigenvalue weighted by Gasteiger charge is -2.08. The fourth-order valence-corrected chi connectivity index (χ4v) is 2.84. The molecule has 1 N–H and O–H groups in total. The largest absolute Gasteiger partial charge is 0.325 e. The Hall–Kier alpha value is -2.33. The van der Waals surface area contributed by atoms with Crippen LogP contribution in [0.15, 0.2) is 65.8 Å². The van der Waals surface area contributed by atoms with E-state index in [1.54, 1.807) is 0 Å². The van der Waals surface area contributed by atoms with Gasteiger partial charge in [0.1, 0.15) is 0 Å². The van der Waals surface area contributed by atoms with Crippen LogP contribution in [0.2, 0.25) is 0 Å². The summed E-state index contributed by atoms with van der Waals surface area (Å²) in [7, 11) is 0. The Kier molecular flexibility index (Phi) is 4.39. The highest BCUT2D eigenvalue weighted by Crippen LogP contribution is 2.23. The van der Waals surface area contributed by atoms with Crippen molar-refractivity contribution < 1.29 is 4.79 Å². The number of anilines is 1. The molecule has 0 saturated carbocycles. The molecule has 0 spiro atoms. The van der Waals surface area contributed by atoms with Crippen LogP contribution >= 0.6 is 11.8 Å². The Bertz CT molecular complexity index is 794. The van der Waals surface area contributed by atoms with Crippen molar-refractivity contribution in [3.8, 4) is 0 Å². The lowest BCUT2D eigenvalue weighted by molar-refractivity contribution is -0.113. The average Bonchev–Trinajstić information content (AvgIpc) is 2.55. The van der Waals surface area contributed by atoms with Crippen LogP contribution < -0.4 is 5.32 Å². The number of hydrogen-bond acceptors (Lipinski definition) is 3. The van der Waals surface area contributed by atoms with Gasteiger partial charge in [0.25, 0.3) is 0 Å². The smallest absolute Gasteiger partial charge is 0.234 e. The standard InChI is InChI=1S/C18H16N2OS/c1-13-9-10-18(19-11-13)22-12-17(21)20-16-8-4-6-14-5-2-3-7-15(14)16/h2-11H,12H2,1H3,(H,20,21). The molecule has 1 amide bonds. The number of hydrogen-bond donors (Lipinski definition) is 1. The zero-order valence-electron chi connectivity index (χ0n) is 12.2. The molecule has 0 aliphatic heterocycles. The molecule has 0 unspecified atom stereocenters. The molecule has 1 aromatic heterocycles. The molecule has 0 aliphatic carbocycles. The first-order valence-corrected chi connectivity index (χ1v) is 8.04. The number of aromatic nitrogens is 1. The number of rotatable bonds is 4. The van der Waals surface area contributed by atoms with E-state index in [0.29, 0.717) is 5.75 Å². The number of carbonyl (C=O) groups is 1. The zero-order valence-corrected chi connectivity index (χ0v) is 13.1. The van der Waals surface area contributed by atoms with Gasteiger partial charge in [0.15, 0.2) is 0 Å². The first-order valence-electron chi connectivity index (χ1n) is 7.05. The average molecular weight is 308 g/mol. The molecule has 3 rings (SSSR count). The normalized spacial score (nSPS) is 10.6. The summed E-state index contributed by atoms with van der Waals surface area (Å²) in [4.78, 5) is 16.4. The fraction of sp³-hybridized carbons (Fsp3) is 0.111. The maximum absolute atomic E-state index is 12.1. The molecule has 110 valence electrons. The van der Waals surface area contributed by atoms with Crippen LogP contribution in [0.4, 0.5) is 5.69 Å². The van der Waals surface area contributed by atoms with Crippen molar-refractivity contribution in [3.63, 3.8) is 0 Å². The predicted molar refractivity (Wildman–Crippen MR) is 92.3 cm³/mol. The highest BCUT2D eigenvalue weighted by Gasteiger charge is 2.06. The van der Waals surface area contributed by atoms with Crippen LogP contribution in [0, 0.1) is 6.92 Å². The summed E-state index contributed by atoms with van der Waals surface area (Å²) in [6.45, 7) is 1.99. The van der Waals surface area contributed by atoms with Crippen molar-refractivity contribution in [2.75, 3.05) is 11.1 Å². The summed E-state index contributed by atoms with van der Waals surface area (Å²) in [5, 5.41) is 6.01. The van der Waals surface area contributed by atoms with Crippen LogP contribution in [0.1, 0.15) is 5.56 Å². The fourth-order valence-electron chi connectivity index (χ4n) is 2.20. The van der Waals surface area contributed by atoms with Gasteiger partial charge in [-0.25, -0.2) is 4.98 Å². The van der Waals surface area contributed by atoms with Crippen molar-refractivity contribution in [2.24, 2.45) is 0 Å². The van der Waals surface area contributed by atoms with Crippen LogP contribution in [0.5, 0.6) is 0 Å². The third-order valence-electron chi connectivity index (χ3n) is 3.30. The van der Waals surface area contributed by atoms with E-state index in [-0.39, 0.29) is 5.91 Å². The van der Waals surface area contributed by atoms with Gasteiger partial charge in [0.05, 0.1) is 10.8 Å². The first kappa shape index (κ1) is 14.6. The van der Waals surface area contributed by atoms with Crippen LogP contribution in [-0.2, 0) is 4.79 Å². The molecule has 3 nitrogen and oxygen atoms in total. The SMILES string of the molecule is Cc1ccc(SCC(=O)Nc2cccc3ccccc23)nc1. The molecule has 2 aromatic carbocycles. The lowest BCUT2D eigenvalue weighted by Crippen LogP contribution is -2.14. The van der Waals surface area contributed by atoms with Gasteiger partial charge in [-0.1, -0.05) is 54.2 Å². The van der Waals surface area contributed by atoms with Crippen molar-refractivity contribution in [1.82, 2.24) is 4.98 Å². The van der Waals surface area contributed by atoms with Crippen molar-refractivity contribution in [2.45, 2.75) is 11.9 Å². The number of carbonyl (C=O) groups excluding carboxylic acids is 1. The van der Waals surface area contributed by atoms with Gasteiger partial charge in [0, 0.05) is 17.3 Å². The highest BCUT2D eigenvalue weighted by atomic mass is 32.2. The van der Waals surface area contributed by atoms with Gasteiger partial charge in [-0.2, -0.15) is 0 Å². The summed E-state index contributed by atoms with van der Waals surface area (Å²) in [5.41, 5.74) is 1.96. The van der Waals surface area contributed by atoms with Gasteiger partial charge in [0.2, 0.25) is 5.91 Å². The van der Waals surface area contributed by atoms with Gasteiger partial charge in [-0.3, -0.25) is 4.79 Å². The third-order valence-corrected chi connectivity index (χ3v) is 4.24. The minimum Gasteiger partial charge on any atom is -0.325 e. The maximum Gasteiger partial charge on any atom is 0.234 e. The Morgan fingerprint density at radius 3 is 2.73 bits per heavy atom. The number of amides is 1. The van der Waals surface area contributed by atoms with Crippen molar-refractivity contribution >= 4 is 34.1 Å². The molecule has 0 fully saturated rings. The Labute approximate surface area is 133 Å². The Morgan fingerprint density at radius 2 is 1.91 bits per heavy atom. The van der Waals surface area contributed by atoms with Crippen LogP contribution in [0.3, 0.4) is 0 Å². The second-order valence-electron chi connectivity index (χ2n) is 5.04. The monoisotopic (exact) mass is 308 g/mol. The number of thioether (sulfide) groups is 1. The molecule has 22 heavy (non-hydrogen) atoms. The zero-order chi connectivity index (χ0) is 15.4. The van der Waals surface area contributed by atoms with Crippen LogP contribution in [0.25, 0.3) is 10.8 Å². The summed E-state index contributed by atoms with van der Waals surface area (Å²) in [6.07, 6.45) is 1.81. The van der Waals surface area contributed by atoms with E-state index < -0.39 is 0 Å². The van der Waals surface area contributed by atoms with Gasteiger partial charge >= 0.3 is 0 Å². The molecule has 0 saturated heterocycles. The summed E-state index contributed by atoms with van der Waals surface area (Å²) < 4.78 is 0. The number of nitrogens with zero attached hydrogens (tertiary/aromatic N) is 1. The van der Waals surface area contributed by atoms with Crippen molar-refractivity contribution in [1.29, 1.82) is 0 Å².